The third-order valence-corrected chi connectivity index (χ3v) is 5.79. The van der Waals surface area contributed by atoms with Crippen molar-refractivity contribution in [3.63, 3.8) is 0 Å². The lowest BCUT2D eigenvalue weighted by atomic mass is 10.1. The molecule has 2 heterocycles. The van der Waals surface area contributed by atoms with Gasteiger partial charge in [-0.25, -0.2) is 9.59 Å². The molecule has 1 aromatic rings. The van der Waals surface area contributed by atoms with Gasteiger partial charge in [-0.1, -0.05) is 0 Å². The van der Waals surface area contributed by atoms with Gasteiger partial charge in [0.15, 0.2) is 12.2 Å². The van der Waals surface area contributed by atoms with Crippen molar-refractivity contribution < 1.29 is 50.5 Å². The van der Waals surface area contributed by atoms with Gasteiger partial charge in [-0.15, -0.1) is 0 Å². The van der Waals surface area contributed by atoms with E-state index in [0.29, 0.717) is 5.56 Å². The zero-order chi connectivity index (χ0) is 26.0. The number of alkyl halides is 6. The van der Waals surface area contributed by atoms with Crippen molar-refractivity contribution in [3.8, 4) is 0 Å². The molecule has 0 aliphatic carbocycles. The number of ether oxygens (including phenoxy) is 2. The number of carboxylic acid groups (broad SMARTS) is 1. The summed E-state index contributed by atoms with van der Waals surface area (Å²) in [6, 6.07) is 3.51. The van der Waals surface area contributed by atoms with Crippen LogP contribution in [0.3, 0.4) is 0 Å². The molecule has 3 rings (SSSR count). The van der Waals surface area contributed by atoms with Gasteiger partial charge in [0.2, 0.25) is 0 Å². The van der Waals surface area contributed by atoms with Gasteiger partial charge in [0, 0.05) is 45.0 Å². The Morgan fingerprint density at radius 3 is 2.31 bits per heavy atom. The fourth-order valence-electron chi connectivity index (χ4n) is 3.78. The zero-order valence-corrected chi connectivity index (χ0v) is 18.7. The summed E-state index contributed by atoms with van der Waals surface area (Å²) in [6.45, 7) is 1.55. The molecule has 0 spiro atoms. The molecule has 0 aromatic heterocycles. The molecule has 2 atom stereocenters. The molecule has 2 fully saturated rings. The van der Waals surface area contributed by atoms with Crippen LogP contribution in [0.1, 0.15) is 18.1 Å². The molecule has 2 aliphatic rings. The maximum atomic E-state index is 13.5. The second kappa shape index (κ2) is 10.5. The van der Waals surface area contributed by atoms with E-state index in [1.165, 1.54) is 4.90 Å². The van der Waals surface area contributed by atoms with Crippen molar-refractivity contribution in [1.29, 1.82) is 0 Å². The smallest absolute Gasteiger partial charge is 0.425 e. The molecule has 35 heavy (non-hydrogen) atoms. The molecule has 1 amide bonds. The minimum atomic E-state index is -4.68. The van der Waals surface area contributed by atoms with E-state index in [-0.39, 0.29) is 58.1 Å². The number of aliphatic carboxylic acids is 1. The molecule has 14 heteroatoms. The van der Waals surface area contributed by atoms with Crippen molar-refractivity contribution in [1.82, 2.24) is 9.80 Å². The van der Waals surface area contributed by atoms with Crippen LogP contribution in [0.15, 0.2) is 18.2 Å². The molecule has 1 N–H and O–H groups in total. The Morgan fingerprint density at radius 2 is 1.74 bits per heavy atom. The largest absolute Gasteiger partial charge is 0.479 e. The van der Waals surface area contributed by atoms with Gasteiger partial charge >= 0.3 is 24.4 Å². The molecule has 0 bridgehead atoms. The summed E-state index contributed by atoms with van der Waals surface area (Å²) in [6.07, 6.45) is -13.8. The number of carbonyl (C=O) groups is 2. The van der Waals surface area contributed by atoms with E-state index in [0.717, 1.165) is 24.0 Å². The quantitative estimate of drug-likeness (QED) is 0.606. The van der Waals surface area contributed by atoms with Crippen molar-refractivity contribution in [2.24, 2.45) is 0 Å². The average Bonchev–Trinajstić information content (AvgIpc) is 2.78. The number of hydrogen-bond acceptors (Lipinski definition) is 6. The number of carbonyl (C=O) groups excluding carboxylic acids is 1. The first kappa shape index (κ1) is 26.9. The highest BCUT2D eigenvalue weighted by Gasteiger charge is 2.40. The number of piperazine rings is 1. The summed E-state index contributed by atoms with van der Waals surface area (Å²) in [4.78, 5) is 27.6. The maximum Gasteiger partial charge on any atom is 0.425 e. The minimum absolute atomic E-state index is 0.0492. The number of hydrogen-bond donors (Lipinski definition) is 1. The predicted octanol–water partition coefficient (Wildman–Crippen LogP) is 3.20. The van der Waals surface area contributed by atoms with Crippen molar-refractivity contribution in [2.75, 3.05) is 50.8 Å². The van der Waals surface area contributed by atoms with Gasteiger partial charge in [0.05, 0.1) is 18.7 Å². The number of morpholine rings is 1. The van der Waals surface area contributed by atoms with E-state index in [2.05, 4.69) is 4.74 Å². The Hall–Kier alpha value is -2.74. The summed E-state index contributed by atoms with van der Waals surface area (Å²) in [5, 5.41) is 9.18. The maximum absolute atomic E-state index is 13.5. The Bertz CT molecular complexity index is 918. The lowest BCUT2D eigenvalue weighted by Gasteiger charge is -2.35. The van der Waals surface area contributed by atoms with E-state index in [9.17, 15) is 41.0 Å². The molecule has 1 aromatic carbocycles. The molecule has 8 nitrogen and oxygen atoms in total. The second-order valence-electron chi connectivity index (χ2n) is 8.36. The van der Waals surface area contributed by atoms with Crippen molar-refractivity contribution in [2.45, 2.75) is 38.0 Å². The molecule has 0 radical (unpaired) electrons. The van der Waals surface area contributed by atoms with E-state index in [4.69, 9.17) is 4.74 Å². The van der Waals surface area contributed by atoms with Crippen molar-refractivity contribution in [3.05, 3.63) is 29.3 Å². The van der Waals surface area contributed by atoms with Crippen LogP contribution >= 0.6 is 0 Å². The fourth-order valence-corrected chi connectivity index (χ4v) is 3.78. The zero-order valence-electron chi connectivity index (χ0n) is 18.7. The highest BCUT2D eigenvalue weighted by molar-refractivity contribution is 5.73. The summed E-state index contributed by atoms with van der Waals surface area (Å²) in [5.41, 5.74) is -0.339. The molecular weight excluding hydrogens is 488 g/mol. The number of anilines is 1. The number of carboxylic acids is 1. The number of nitrogens with zero attached hydrogens (tertiary/aromatic N) is 3. The lowest BCUT2D eigenvalue weighted by Crippen LogP contribution is -2.49. The standard InChI is InChI=1S/C21H25F6N3O5/c1-13(20(22,23)24)35-19(33)29-4-2-28(3-5-29)11-14-8-15(21(25,26)27)10-16(9-14)30-6-7-34-17(12-30)18(31)32/h8-10,13,17H,2-7,11-12H2,1H3,(H,31,32). The van der Waals surface area contributed by atoms with Gasteiger partial charge in [-0.2, -0.15) is 26.3 Å². The number of amides is 1. The van der Waals surface area contributed by atoms with Crippen LogP contribution in [0.2, 0.25) is 0 Å². The highest BCUT2D eigenvalue weighted by Crippen LogP contribution is 2.34. The van der Waals surface area contributed by atoms with Gasteiger partial charge in [-0.05, 0) is 30.7 Å². The predicted molar refractivity (Wildman–Crippen MR) is 110 cm³/mol. The first-order valence-corrected chi connectivity index (χ1v) is 10.8. The minimum Gasteiger partial charge on any atom is -0.479 e. The third kappa shape index (κ3) is 7.13. The Kier molecular flexibility index (Phi) is 8.04. The molecule has 2 aliphatic heterocycles. The van der Waals surface area contributed by atoms with Crippen molar-refractivity contribution >= 4 is 17.7 Å². The van der Waals surface area contributed by atoms with Crippen LogP contribution in [-0.4, -0.2) is 91.2 Å². The van der Waals surface area contributed by atoms with Gasteiger partial charge in [-0.3, -0.25) is 4.90 Å². The molecule has 196 valence electrons. The molecular formula is C21H25F6N3O5. The Labute approximate surface area is 197 Å². The van der Waals surface area contributed by atoms with Crippen LogP contribution in [0, 0.1) is 0 Å². The van der Waals surface area contributed by atoms with Crippen LogP contribution in [0.25, 0.3) is 0 Å². The summed E-state index contributed by atoms with van der Waals surface area (Å²) >= 11 is 0. The molecule has 2 unspecified atom stereocenters. The number of rotatable bonds is 5. The Balaban J connectivity index is 1.67. The highest BCUT2D eigenvalue weighted by atomic mass is 19.4. The number of benzene rings is 1. The molecule has 0 saturated carbocycles. The van der Waals surface area contributed by atoms with E-state index >= 15 is 0 Å². The van der Waals surface area contributed by atoms with Crippen LogP contribution < -0.4 is 4.90 Å². The average molecular weight is 513 g/mol. The normalized spacial score (nSPS) is 21.1. The van der Waals surface area contributed by atoms with E-state index < -0.39 is 42.2 Å². The summed E-state index contributed by atoms with van der Waals surface area (Å²) in [7, 11) is 0. The first-order valence-electron chi connectivity index (χ1n) is 10.8. The third-order valence-electron chi connectivity index (χ3n) is 5.79. The van der Waals surface area contributed by atoms with Gasteiger partial charge < -0.3 is 24.4 Å². The monoisotopic (exact) mass is 513 g/mol. The number of halogens is 6. The van der Waals surface area contributed by atoms with Gasteiger partial charge in [0.25, 0.3) is 0 Å². The fraction of sp³-hybridized carbons (Fsp3) is 0.619. The first-order chi connectivity index (χ1) is 16.2. The molecule has 2 saturated heterocycles. The van der Waals surface area contributed by atoms with Gasteiger partial charge in [0.1, 0.15) is 0 Å². The summed E-state index contributed by atoms with van der Waals surface area (Å²) < 4.78 is 88.0. The second-order valence-corrected chi connectivity index (χ2v) is 8.36. The van der Waals surface area contributed by atoms with Crippen LogP contribution in [0.5, 0.6) is 0 Å². The Morgan fingerprint density at radius 1 is 1.09 bits per heavy atom. The lowest BCUT2D eigenvalue weighted by molar-refractivity contribution is -0.200. The SMILES string of the molecule is CC(OC(=O)N1CCN(Cc2cc(N3CCOC(C(=O)O)C3)cc(C(F)(F)F)c2)CC1)C(F)(F)F. The van der Waals surface area contributed by atoms with Crippen LogP contribution in [-0.2, 0) is 27.0 Å². The van der Waals surface area contributed by atoms with Crippen LogP contribution in [0.4, 0.5) is 36.8 Å². The van der Waals surface area contributed by atoms with E-state index in [1.54, 1.807) is 11.0 Å². The van der Waals surface area contributed by atoms with E-state index in [1.807, 2.05) is 0 Å². The summed E-state index contributed by atoms with van der Waals surface area (Å²) in [5.74, 6) is -1.21. The topological polar surface area (TPSA) is 82.5 Å².